The van der Waals surface area contributed by atoms with Crippen molar-refractivity contribution in [1.82, 2.24) is 14.3 Å². The summed E-state index contributed by atoms with van der Waals surface area (Å²) in [5, 5.41) is 0.331. The van der Waals surface area contributed by atoms with Crippen LogP contribution in [0.25, 0.3) is 5.69 Å². The van der Waals surface area contributed by atoms with Crippen LogP contribution in [0.5, 0.6) is 0 Å². The van der Waals surface area contributed by atoms with E-state index in [4.69, 9.17) is 11.6 Å². The van der Waals surface area contributed by atoms with Gasteiger partial charge in [-0.2, -0.15) is 0 Å². The average Bonchev–Trinajstić information content (AvgIpc) is 2.94. The Morgan fingerprint density at radius 2 is 1.57 bits per heavy atom. The number of nitrogens with zero attached hydrogens (tertiary/aromatic N) is 3. The van der Waals surface area contributed by atoms with Crippen LogP contribution in [0.3, 0.4) is 0 Å². The molecule has 5 heteroatoms. The van der Waals surface area contributed by atoms with Crippen molar-refractivity contribution in [3.63, 3.8) is 0 Å². The summed E-state index contributed by atoms with van der Waals surface area (Å²) >= 11 is 6.44. The lowest BCUT2D eigenvalue weighted by atomic mass is 9.90. The maximum absolute atomic E-state index is 12.7. The van der Waals surface area contributed by atoms with Gasteiger partial charge in [0.2, 0.25) is 0 Å². The molecule has 3 aromatic rings. The molecule has 1 aromatic heterocycles. The van der Waals surface area contributed by atoms with Crippen molar-refractivity contribution in [3.05, 3.63) is 87.3 Å². The molecule has 0 N–H and O–H groups in total. The number of para-hydroxylation sites is 1. The average molecular weight is 396 g/mol. The molecule has 0 amide bonds. The van der Waals surface area contributed by atoms with Gasteiger partial charge in [0, 0.05) is 13.6 Å². The van der Waals surface area contributed by atoms with Crippen LogP contribution in [0, 0.1) is 5.92 Å². The third kappa shape index (κ3) is 3.94. The van der Waals surface area contributed by atoms with E-state index in [1.807, 2.05) is 42.1 Å². The van der Waals surface area contributed by atoms with Crippen LogP contribution >= 0.6 is 11.6 Å². The Morgan fingerprint density at radius 1 is 0.964 bits per heavy atom. The zero-order valence-corrected chi connectivity index (χ0v) is 17.0. The van der Waals surface area contributed by atoms with Crippen LogP contribution in [0.15, 0.2) is 65.5 Å². The summed E-state index contributed by atoms with van der Waals surface area (Å²) in [4.78, 5) is 15.1. The molecule has 146 valence electrons. The largest absolute Gasteiger partial charge is 0.297 e. The van der Waals surface area contributed by atoms with Crippen molar-refractivity contribution in [2.45, 2.75) is 25.8 Å². The van der Waals surface area contributed by atoms with Crippen molar-refractivity contribution in [2.24, 2.45) is 13.0 Å². The highest BCUT2D eigenvalue weighted by molar-refractivity contribution is 6.31. The minimum absolute atomic E-state index is 0.149. The summed E-state index contributed by atoms with van der Waals surface area (Å²) in [6, 6.07) is 20.4. The van der Waals surface area contributed by atoms with Crippen molar-refractivity contribution >= 4 is 11.6 Å². The molecular weight excluding hydrogens is 370 g/mol. The van der Waals surface area contributed by atoms with E-state index in [0.717, 1.165) is 36.8 Å². The van der Waals surface area contributed by atoms with Gasteiger partial charge in [0.1, 0.15) is 5.02 Å². The maximum Gasteiger partial charge on any atom is 0.290 e. The molecule has 1 aliphatic heterocycles. The molecule has 0 saturated carbocycles. The van der Waals surface area contributed by atoms with E-state index in [1.165, 1.54) is 18.4 Å². The second-order valence-electron chi connectivity index (χ2n) is 7.65. The normalized spacial score (nSPS) is 15.8. The van der Waals surface area contributed by atoms with Gasteiger partial charge < -0.3 is 0 Å². The lowest BCUT2D eigenvalue weighted by Crippen LogP contribution is -2.34. The highest BCUT2D eigenvalue weighted by Crippen LogP contribution is 2.24. The quantitative estimate of drug-likeness (QED) is 0.645. The third-order valence-electron chi connectivity index (χ3n) is 5.77. The first-order chi connectivity index (χ1) is 13.6. The molecule has 0 aliphatic carbocycles. The van der Waals surface area contributed by atoms with Gasteiger partial charge >= 0.3 is 0 Å². The van der Waals surface area contributed by atoms with E-state index in [-0.39, 0.29) is 5.56 Å². The molecule has 1 saturated heterocycles. The molecule has 1 aliphatic rings. The van der Waals surface area contributed by atoms with E-state index in [1.54, 1.807) is 4.68 Å². The van der Waals surface area contributed by atoms with Crippen molar-refractivity contribution in [2.75, 3.05) is 13.1 Å². The standard InChI is InChI=1S/C23H26ClN3O/c1-25-21(22(24)23(28)27(25)20-10-6-3-7-11-20)17-26-14-12-19(13-15-26)16-18-8-4-2-5-9-18/h2-11,19H,12-17H2,1H3. The number of hydrogen-bond donors (Lipinski definition) is 0. The first-order valence-corrected chi connectivity index (χ1v) is 10.3. The van der Waals surface area contributed by atoms with Crippen LogP contribution in [-0.4, -0.2) is 27.4 Å². The van der Waals surface area contributed by atoms with Gasteiger partial charge in [-0.1, -0.05) is 60.1 Å². The molecule has 0 unspecified atom stereocenters. The summed E-state index contributed by atoms with van der Waals surface area (Å²) in [6.07, 6.45) is 3.51. The van der Waals surface area contributed by atoms with Gasteiger partial charge in [-0.15, -0.1) is 0 Å². The molecular formula is C23H26ClN3O. The Morgan fingerprint density at radius 3 is 2.21 bits per heavy atom. The van der Waals surface area contributed by atoms with E-state index in [9.17, 15) is 4.79 Å². The van der Waals surface area contributed by atoms with Gasteiger partial charge in [0.15, 0.2) is 0 Å². The van der Waals surface area contributed by atoms with E-state index >= 15 is 0 Å². The molecule has 28 heavy (non-hydrogen) atoms. The zero-order chi connectivity index (χ0) is 19.5. The Balaban J connectivity index is 1.44. The summed E-state index contributed by atoms with van der Waals surface area (Å²) in [6.45, 7) is 2.79. The van der Waals surface area contributed by atoms with Crippen LogP contribution in [-0.2, 0) is 20.0 Å². The predicted molar refractivity (Wildman–Crippen MR) is 114 cm³/mol. The molecule has 0 atom stereocenters. The number of benzene rings is 2. The molecule has 4 nitrogen and oxygen atoms in total. The second kappa shape index (κ2) is 8.38. The van der Waals surface area contributed by atoms with Gasteiger partial charge in [-0.05, 0) is 56.0 Å². The van der Waals surface area contributed by atoms with Crippen LogP contribution in [0.2, 0.25) is 5.02 Å². The van der Waals surface area contributed by atoms with E-state index < -0.39 is 0 Å². The maximum atomic E-state index is 12.7. The van der Waals surface area contributed by atoms with Crippen molar-refractivity contribution in [1.29, 1.82) is 0 Å². The fourth-order valence-electron chi connectivity index (χ4n) is 4.15. The summed E-state index contributed by atoms with van der Waals surface area (Å²) in [5.41, 5.74) is 3.00. The molecule has 4 rings (SSSR count). The van der Waals surface area contributed by atoms with E-state index in [0.29, 0.717) is 11.6 Å². The first kappa shape index (κ1) is 19.0. The lowest BCUT2D eigenvalue weighted by Gasteiger charge is -2.32. The topological polar surface area (TPSA) is 30.2 Å². The zero-order valence-electron chi connectivity index (χ0n) is 16.2. The monoisotopic (exact) mass is 395 g/mol. The number of piperidine rings is 1. The SMILES string of the molecule is Cn1c(CN2CCC(Cc3ccccc3)CC2)c(Cl)c(=O)n1-c1ccccc1. The van der Waals surface area contributed by atoms with Crippen molar-refractivity contribution in [3.8, 4) is 5.69 Å². The summed E-state index contributed by atoms with van der Waals surface area (Å²) in [7, 11) is 1.91. The van der Waals surface area contributed by atoms with Crippen LogP contribution < -0.4 is 5.56 Å². The van der Waals surface area contributed by atoms with Gasteiger partial charge in [-0.25, -0.2) is 4.68 Å². The Kier molecular flexibility index (Phi) is 5.69. The molecule has 2 heterocycles. The number of halogens is 1. The fourth-order valence-corrected chi connectivity index (χ4v) is 4.42. The van der Waals surface area contributed by atoms with Crippen molar-refractivity contribution < 1.29 is 0 Å². The Hall–Kier alpha value is -2.30. The molecule has 0 radical (unpaired) electrons. The molecule has 2 aromatic carbocycles. The first-order valence-electron chi connectivity index (χ1n) is 9.91. The highest BCUT2D eigenvalue weighted by Gasteiger charge is 2.23. The van der Waals surface area contributed by atoms with Crippen LogP contribution in [0.1, 0.15) is 24.1 Å². The minimum atomic E-state index is -0.149. The fraction of sp³-hybridized carbons (Fsp3) is 0.348. The number of likely N-dealkylation sites (tertiary alicyclic amines) is 1. The molecule has 0 bridgehead atoms. The van der Waals surface area contributed by atoms with E-state index in [2.05, 4.69) is 35.2 Å². The third-order valence-corrected chi connectivity index (χ3v) is 6.15. The lowest BCUT2D eigenvalue weighted by molar-refractivity contribution is 0.173. The van der Waals surface area contributed by atoms with Gasteiger partial charge in [-0.3, -0.25) is 14.4 Å². The smallest absolute Gasteiger partial charge is 0.290 e. The minimum Gasteiger partial charge on any atom is -0.297 e. The Bertz CT molecular complexity index is 970. The van der Waals surface area contributed by atoms with Gasteiger partial charge in [0.25, 0.3) is 5.56 Å². The second-order valence-corrected chi connectivity index (χ2v) is 8.02. The van der Waals surface area contributed by atoms with Crippen LogP contribution in [0.4, 0.5) is 0 Å². The summed E-state index contributed by atoms with van der Waals surface area (Å²) in [5.74, 6) is 0.729. The van der Waals surface area contributed by atoms with Gasteiger partial charge in [0.05, 0.1) is 11.4 Å². The predicted octanol–water partition coefficient (Wildman–Crippen LogP) is 4.28. The Labute approximate surface area is 171 Å². The number of hydrogen-bond acceptors (Lipinski definition) is 2. The summed E-state index contributed by atoms with van der Waals surface area (Å²) < 4.78 is 3.55. The number of rotatable bonds is 5. The molecule has 0 spiro atoms. The number of aromatic nitrogens is 2. The molecule has 1 fully saturated rings. The highest BCUT2D eigenvalue weighted by atomic mass is 35.5.